The Morgan fingerprint density at radius 3 is 2.61 bits per heavy atom. The van der Waals surface area contributed by atoms with E-state index in [0.717, 1.165) is 36.8 Å². The van der Waals surface area contributed by atoms with E-state index in [1.165, 1.54) is 18.2 Å². The fraction of sp³-hybridized carbons (Fsp3) is 0.250. The van der Waals surface area contributed by atoms with Crippen LogP contribution in [0.25, 0.3) is 17.2 Å². The summed E-state index contributed by atoms with van der Waals surface area (Å²) in [5.41, 5.74) is 9.04. The van der Waals surface area contributed by atoms with E-state index in [1.54, 1.807) is 30.3 Å². The number of halogens is 1. The molecule has 0 bridgehead atoms. The summed E-state index contributed by atoms with van der Waals surface area (Å²) in [5, 5.41) is 13.1. The summed E-state index contributed by atoms with van der Waals surface area (Å²) in [4.78, 5) is 14.2. The van der Waals surface area contributed by atoms with Crippen LogP contribution in [-0.2, 0) is 14.6 Å². The topological polar surface area (TPSA) is 127 Å². The average molecular weight is 540 g/mol. The van der Waals surface area contributed by atoms with Gasteiger partial charge in [0.15, 0.2) is 9.84 Å². The Labute approximate surface area is 221 Å². The molecular formula is C28H32FN4O4S+. The van der Waals surface area contributed by atoms with Gasteiger partial charge in [0, 0.05) is 42.8 Å². The normalized spacial score (nSPS) is 18.4. The molecule has 3 aromatic carbocycles. The van der Waals surface area contributed by atoms with Gasteiger partial charge in [0.1, 0.15) is 12.0 Å². The van der Waals surface area contributed by atoms with Crippen molar-refractivity contribution < 1.29 is 22.7 Å². The molecule has 2 atom stereocenters. The Kier molecular flexibility index (Phi) is 8.15. The number of anilines is 1. The van der Waals surface area contributed by atoms with Crippen LogP contribution in [0.15, 0.2) is 71.8 Å². The van der Waals surface area contributed by atoms with Gasteiger partial charge >= 0.3 is 0 Å². The molecule has 0 aromatic heterocycles. The zero-order valence-electron chi connectivity index (χ0n) is 21.2. The van der Waals surface area contributed by atoms with Gasteiger partial charge in [-0.2, -0.15) is 0 Å². The number of rotatable bonds is 4. The molecule has 3 aromatic rings. The van der Waals surface area contributed by atoms with Gasteiger partial charge in [-0.15, -0.1) is 0 Å². The summed E-state index contributed by atoms with van der Waals surface area (Å²) in [6, 6.07) is 16.0. The Morgan fingerprint density at radius 2 is 1.92 bits per heavy atom. The lowest BCUT2D eigenvalue weighted by Gasteiger charge is -2.28. The number of benzene rings is 3. The van der Waals surface area contributed by atoms with Crippen LogP contribution in [0.2, 0.25) is 0 Å². The van der Waals surface area contributed by atoms with Crippen molar-refractivity contribution in [2.45, 2.75) is 29.9 Å². The van der Waals surface area contributed by atoms with E-state index in [2.05, 4.69) is 10.6 Å². The molecule has 6 N–H and O–H groups in total. The summed E-state index contributed by atoms with van der Waals surface area (Å²) in [6.07, 6.45) is 6.61. The minimum atomic E-state index is -3.44. The molecule has 200 valence electrons. The van der Waals surface area contributed by atoms with Gasteiger partial charge in [0.25, 0.3) is 5.75 Å². The maximum atomic E-state index is 14.4. The summed E-state index contributed by atoms with van der Waals surface area (Å²) < 4.78 is 38.3. The van der Waals surface area contributed by atoms with Crippen molar-refractivity contribution in [1.29, 1.82) is 0 Å². The molecule has 0 radical (unpaired) electrons. The van der Waals surface area contributed by atoms with E-state index in [-0.39, 0.29) is 28.7 Å². The number of nitrogens with two attached hydrogens (primary N) is 1. The second kappa shape index (κ2) is 11.3. The molecule has 2 heterocycles. The first-order chi connectivity index (χ1) is 18.0. The molecule has 8 nitrogen and oxygen atoms in total. The standard InChI is InChI=1S/C18H19FN2O3S.C10H12N2O/c1-25(23,24)17-7-3-2-5-13(17)12-8-9-15(14(19)11-12)21-18(22)16-6-4-10-20-16;1-12-5-4-7-2-3-8(13)6-9(7)10(12)11/h2-3,5,7-9,11,16,20H,4,6,10H2,1H3,(H,21,22);2-6,10,13H,11H2,1H3/p+1. The lowest BCUT2D eigenvalue weighted by Crippen LogP contribution is -2.35. The molecule has 0 aliphatic carbocycles. The number of nitrogens with zero attached hydrogens (tertiary/aromatic N) is 1. The highest BCUT2D eigenvalue weighted by molar-refractivity contribution is 7.90. The first kappa shape index (κ1) is 27.3. The predicted molar refractivity (Wildman–Crippen MR) is 148 cm³/mol. The second-order valence-electron chi connectivity index (χ2n) is 9.37. The monoisotopic (exact) mass is 539 g/mol. The third-order valence-electron chi connectivity index (χ3n) is 6.53. The van der Waals surface area contributed by atoms with Crippen molar-refractivity contribution >= 4 is 27.5 Å². The van der Waals surface area contributed by atoms with Crippen molar-refractivity contribution in [3.63, 3.8) is 0 Å². The van der Waals surface area contributed by atoms with Gasteiger partial charge in [0.05, 0.1) is 16.6 Å². The van der Waals surface area contributed by atoms with Crippen molar-refractivity contribution in [1.82, 2.24) is 10.2 Å². The molecule has 0 saturated carbocycles. The maximum Gasteiger partial charge on any atom is 0.254 e. The van der Waals surface area contributed by atoms with Crippen LogP contribution in [0.3, 0.4) is 0 Å². The largest absolute Gasteiger partial charge is 0.593 e. The summed E-state index contributed by atoms with van der Waals surface area (Å²) in [6.45, 7) is 0.780. The third-order valence-corrected chi connectivity index (χ3v) is 7.69. The highest BCUT2D eigenvalue weighted by Gasteiger charge is 2.23. The summed E-state index contributed by atoms with van der Waals surface area (Å²) >= 11 is 0. The van der Waals surface area contributed by atoms with Crippen LogP contribution in [0.5, 0.6) is 5.75 Å². The SMILES string of the molecule is CN1C=Cc2ccc([OH2+])cc2C1N.CS(=O)(=O)c1ccccc1-c1ccc(NC(=O)C2CCCN2)c(F)c1. The van der Waals surface area contributed by atoms with Gasteiger partial charge in [-0.05, 0) is 60.9 Å². The predicted octanol–water partition coefficient (Wildman–Crippen LogP) is 3.58. The molecule has 10 heteroatoms. The van der Waals surface area contributed by atoms with Crippen LogP contribution < -0.4 is 16.4 Å². The van der Waals surface area contributed by atoms with E-state index < -0.39 is 15.7 Å². The Hall–Kier alpha value is -3.73. The molecule has 1 amide bonds. The number of carbonyl (C=O) groups excluding carboxylic acids is 1. The van der Waals surface area contributed by atoms with E-state index in [4.69, 9.17) is 10.8 Å². The highest BCUT2D eigenvalue weighted by atomic mass is 32.2. The second-order valence-corrected chi connectivity index (χ2v) is 11.4. The van der Waals surface area contributed by atoms with Crippen LogP contribution in [0.4, 0.5) is 10.1 Å². The summed E-state index contributed by atoms with van der Waals surface area (Å²) in [5.74, 6) is -0.356. The molecule has 2 aliphatic heterocycles. The molecule has 5 rings (SSSR count). The molecular weight excluding hydrogens is 507 g/mol. The van der Waals surface area contributed by atoms with Gasteiger partial charge in [0.2, 0.25) is 5.91 Å². The van der Waals surface area contributed by atoms with Gasteiger partial charge in [-0.1, -0.05) is 24.3 Å². The van der Waals surface area contributed by atoms with Crippen LogP contribution >= 0.6 is 0 Å². The molecule has 2 unspecified atom stereocenters. The Balaban J connectivity index is 0.000000216. The van der Waals surface area contributed by atoms with Gasteiger partial charge in [-0.25, -0.2) is 12.8 Å². The minimum absolute atomic E-state index is 0.0827. The summed E-state index contributed by atoms with van der Waals surface area (Å²) in [7, 11) is -1.50. The maximum absolute atomic E-state index is 14.4. The van der Waals surface area contributed by atoms with Crippen LogP contribution in [-0.4, -0.2) is 50.2 Å². The lowest BCUT2D eigenvalue weighted by atomic mass is 10.0. The fourth-order valence-corrected chi connectivity index (χ4v) is 5.34. The minimum Gasteiger partial charge on any atom is -0.593 e. The lowest BCUT2D eigenvalue weighted by molar-refractivity contribution is -0.117. The molecule has 1 saturated heterocycles. The van der Waals surface area contributed by atoms with Crippen LogP contribution in [0, 0.1) is 5.82 Å². The highest BCUT2D eigenvalue weighted by Crippen LogP contribution is 2.30. The number of amides is 1. The third kappa shape index (κ3) is 6.21. The number of nitrogens with one attached hydrogen (secondary N) is 2. The Bertz CT molecular complexity index is 1470. The molecule has 2 aliphatic rings. The Morgan fingerprint density at radius 1 is 1.16 bits per heavy atom. The number of hydrogen-bond donors (Lipinski definition) is 3. The average Bonchev–Trinajstić information content (AvgIpc) is 3.43. The van der Waals surface area contributed by atoms with Gasteiger partial charge in [-0.3, -0.25) is 4.79 Å². The zero-order chi connectivity index (χ0) is 27.4. The van der Waals surface area contributed by atoms with Crippen molar-refractivity contribution in [3.8, 4) is 16.9 Å². The van der Waals surface area contributed by atoms with Crippen molar-refractivity contribution in [2.75, 3.05) is 25.2 Å². The van der Waals surface area contributed by atoms with Gasteiger partial charge < -0.3 is 26.4 Å². The first-order valence-electron chi connectivity index (χ1n) is 12.2. The van der Waals surface area contributed by atoms with E-state index >= 15 is 0 Å². The number of sulfone groups is 1. The molecule has 1 fully saturated rings. The van der Waals surface area contributed by atoms with Crippen molar-refractivity contribution in [3.05, 3.63) is 83.8 Å². The number of hydrogen-bond acceptors (Lipinski definition) is 6. The zero-order valence-corrected chi connectivity index (χ0v) is 22.1. The smallest absolute Gasteiger partial charge is 0.254 e. The van der Waals surface area contributed by atoms with E-state index in [1.807, 2.05) is 36.4 Å². The number of fused-ring (bicyclic) bond motifs is 1. The number of carbonyl (C=O) groups is 1. The van der Waals surface area contributed by atoms with Crippen molar-refractivity contribution in [2.24, 2.45) is 5.73 Å². The first-order valence-corrected chi connectivity index (χ1v) is 14.1. The van der Waals surface area contributed by atoms with E-state index in [9.17, 15) is 17.6 Å². The molecule has 0 spiro atoms. The van der Waals surface area contributed by atoms with E-state index in [0.29, 0.717) is 16.9 Å². The molecule has 38 heavy (non-hydrogen) atoms. The fourth-order valence-electron chi connectivity index (χ4n) is 4.43. The quantitative estimate of drug-likeness (QED) is 0.435. The van der Waals surface area contributed by atoms with Crippen LogP contribution in [0.1, 0.15) is 30.1 Å².